The van der Waals surface area contributed by atoms with E-state index in [4.69, 9.17) is 23.9 Å². The van der Waals surface area contributed by atoms with Crippen molar-refractivity contribution in [1.82, 2.24) is 34.6 Å². The van der Waals surface area contributed by atoms with Crippen LogP contribution in [-0.2, 0) is 33.4 Å². The maximum Gasteiger partial charge on any atom is 0.266 e. The molecule has 21 nitrogen and oxygen atoms in total. The number of fused-ring (bicyclic) bond motifs is 2. The number of aryl methyl sites for hydroxylation is 1. The third kappa shape index (κ3) is 12.3. The summed E-state index contributed by atoms with van der Waals surface area (Å²) in [6.07, 6.45) is 8.97. The molecule has 382 valence electrons. The molecular formula is C51H61N9O12. The van der Waals surface area contributed by atoms with Crippen LogP contribution in [0.5, 0.6) is 5.75 Å². The first-order valence-corrected chi connectivity index (χ1v) is 24.7. The molecule has 2 saturated heterocycles. The fourth-order valence-corrected chi connectivity index (χ4v) is 9.68. The van der Waals surface area contributed by atoms with Crippen LogP contribution in [0.4, 0.5) is 17.5 Å². The second-order valence-corrected chi connectivity index (χ2v) is 18.4. The quantitative estimate of drug-likeness (QED) is 0.0543. The van der Waals surface area contributed by atoms with Crippen LogP contribution < -0.4 is 25.8 Å². The molecule has 0 bridgehead atoms. The van der Waals surface area contributed by atoms with E-state index >= 15 is 0 Å². The second kappa shape index (κ2) is 24.1. The first kappa shape index (κ1) is 51.5. The van der Waals surface area contributed by atoms with Crippen molar-refractivity contribution in [2.45, 2.75) is 90.1 Å². The Kier molecular flexibility index (Phi) is 17.2. The molecule has 1 unspecified atom stereocenters. The van der Waals surface area contributed by atoms with Crippen molar-refractivity contribution in [3.8, 4) is 5.75 Å². The van der Waals surface area contributed by atoms with Gasteiger partial charge in [-0.15, -0.1) is 0 Å². The number of benzene rings is 1. The first-order valence-electron chi connectivity index (χ1n) is 24.7. The number of piperidine rings is 1. The number of ketones is 3. The zero-order valence-corrected chi connectivity index (χ0v) is 40.8. The average Bonchev–Trinajstić information content (AvgIpc) is 3.98. The Morgan fingerprint density at radius 1 is 0.792 bits per heavy atom. The molecule has 4 aromatic rings. The monoisotopic (exact) mass is 991 g/mol. The van der Waals surface area contributed by atoms with Crippen LogP contribution in [0.25, 0.3) is 11.0 Å². The van der Waals surface area contributed by atoms with Crippen LogP contribution in [0.2, 0.25) is 0 Å². The van der Waals surface area contributed by atoms with E-state index in [1.54, 1.807) is 23.9 Å². The highest BCUT2D eigenvalue weighted by atomic mass is 16.5. The fourth-order valence-electron chi connectivity index (χ4n) is 9.68. The number of rotatable bonds is 25. The lowest BCUT2D eigenvalue weighted by molar-refractivity contribution is -0.136. The molecule has 4 amide bonds. The zero-order valence-electron chi connectivity index (χ0n) is 40.8. The number of ether oxygens (including phenoxy) is 4. The molecule has 3 aromatic heterocycles. The molecule has 1 aliphatic carbocycles. The van der Waals surface area contributed by atoms with Crippen LogP contribution in [0.3, 0.4) is 0 Å². The zero-order chi connectivity index (χ0) is 50.7. The van der Waals surface area contributed by atoms with E-state index in [1.165, 1.54) is 25.1 Å². The predicted octanol–water partition coefficient (Wildman–Crippen LogP) is 3.91. The molecule has 1 atom stereocenters. The summed E-state index contributed by atoms with van der Waals surface area (Å²) in [6.45, 7) is 8.53. The van der Waals surface area contributed by atoms with Gasteiger partial charge in [0.05, 0.1) is 61.5 Å². The summed E-state index contributed by atoms with van der Waals surface area (Å²) in [5, 5.41) is 6.03. The van der Waals surface area contributed by atoms with Crippen molar-refractivity contribution in [1.29, 1.82) is 0 Å². The molecule has 1 saturated carbocycles. The first-order chi connectivity index (χ1) is 34.9. The van der Waals surface area contributed by atoms with Gasteiger partial charge in [0.2, 0.25) is 17.8 Å². The molecule has 3 fully saturated rings. The largest absolute Gasteiger partial charge is 0.485 e. The molecular weight excluding hydrogens is 931 g/mol. The van der Waals surface area contributed by atoms with E-state index < -0.39 is 29.7 Å². The number of aromatic nitrogens is 4. The number of pyridine rings is 2. The topological polar surface area (TPSA) is 251 Å². The Labute approximate surface area is 415 Å². The molecule has 21 heteroatoms. The van der Waals surface area contributed by atoms with E-state index in [1.807, 2.05) is 12.1 Å². The van der Waals surface area contributed by atoms with Gasteiger partial charge in [-0.3, -0.25) is 58.0 Å². The second-order valence-electron chi connectivity index (χ2n) is 18.4. The van der Waals surface area contributed by atoms with Gasteiger partial charge < -0.3 is 29.2 Å². The Morgan fingerprint density at radius 3 is 2.15 bits per heavy atom. The number of Topliss-reactive ketones (excluding diaryl/α,β-unsaturated/α-hetero) is 3. The van der Waals surface area contributed by atoms with E-state index in [9.17, 15) is 38.4 Å². The highest BCUT2D eigenvalue weighted by Gasteiger charge is 2.46. The summed E-state index contributed by atoms with van der Waals surface area (Å²) in [5.74, 6) is -1.89. The van der Waals surface area contributed by atoms with Crippen LogP contribution in [0, 0.1) is 6.92 Å². The smallest absolute Gasteiger partial charge is 0.266 e. The summed E-state index contributed by atoms with van der Waals surface area (Å²) in [6, 6.07) is 7.23. The predicted molar refractivity (Wildman–Crippen MR) is 262 cm³/mol. The van der Waals surface area contributed by atoms with Crippen molar-refractivity contribution >= 4 is 69.5 Å². The van der Waals surface area contributed by atoms with E-state index in [0.717, 1.165) is 62.4 Å². The van der Waals surface area contributed by atoms with Crippen LogP contribution >= 0.6 is 0 Å². The third-order valence-electron chi connectivity index (χ3n) is 13.4. The summed E-state index contributed by atoms with van der Waals surface area (Å²) in [5.41, 5.74) is 2.05. The van der Waals surface area contributed by atoms with Crippen LogP contribution in [0.1, 0.15) is 114 Å². The number of imide groups is 2. The van der Waals surface area contributed by atoms with Gasteiger partial charge in [0, 0.05) is 76.3 Å². The maximum atomic E-state index is 13.6. The molecule has 3 aliphatic heterocycles. The van der Waals surface area contributed by atoms with E-state index in [2.05, 4.69) is 30.4 Å². The van der Waals surface area contributed by atoms with E-state index in [-0.39, 0.29) is 77.3 Å². The molecule has 8 rings (SSSR count). The Morgan fingerprint density at radius 2 is 1.49 bits per heavy atom. The van der Waals surface area contributed by atoms with Gasteiger partial charge in [0.15, 0.2) is 11.6 Å². The Bertz CT molecular complexity index is 2750. The standard InChI is InChI=1S/C51H61N9O12/c1-32-39-29-53-51(56-46(39)59(34-8-3-4-9-34)49(67)44(32)33(2)61)54-42-16-14-35(28-52-42)58-20-18-57(19-21-58)30-36(62)10-6-22-69-24-26-71-27-25-70-23-7-11-37(63)31-72-41-13-5-12-38-45(41)50(68)60(48(38)66)40-15-17-43(64)55-47(40)65/h5,12-14,16,28-29,34,40H,3-4,6-11,15,17-27,30-31H2,1-2H3,(H,55,64,65)(H,52,53,54,56). The lowest BCUT2D eigenvalue weighted by atomic mass is 10.0. The molecule has 4 aliphatic rings. The van der Waals surface area contributed by atoms with Crippen molar-refractivity contribution in [3.63, 3.8) is 0 Å². The van der Waals surface area contributed by atoms with Gasteiger partial charge in [0.25, 0.3) is 17.4 Å². The van der Waals surface area contributed by atoms with Crippen molar-refractivity contribution in [2.24, 2.45) is 0 Å². The number of hydrogen-bond donors (Lipinski definition) is 2. The lowest BCUT2D eigenvalue weighted by Crippen LogP contribution is -2.54. The number of hydrogen-bond acceptors (Lipinski definition) is 18. The van der Waals surface area contributed by atoms with Crippen LogP contribution in [-0.4, -0.2) is 155 Å². The van der Waals surface area contributed by atoms with Gasteiger partial charge in [-0.25, -0.2) is 9.97 Å². The summed E-state index contributed by atoms with van der Waals surface area (Å²) in [7, 11) is 0. The SMILES string of the molecule is CC(=O)c1c(C)c2cnc(Nc3ccc(N4CCN(CC(=O)CCCOCCOCCOCCCC(=O)COc5cccc6c5C(=O)N(C5CCC(=O)NC5=O)C6=O)CC4)cn3)nc2n(C2CCCC2)c1=O. The minimum Gasteiger partial charge on any atom is -0.485 e. The van der Waals surface area contributed by atoms with Crippen LogP contribution in [0.15, 0.2) is 47.5 Å². The highest BCUT2D eigenvalue weighted by Crippen LogP contribution is 2.35. The number of nitrogens with zero attached hydrogens (tertiary/aromatic N) is 7. The van der Waals surface area contributed by atoms with Crippen molar-refractivity contribution < 1.29 is 52.5 Å². The van der Waals surface area contributed by atoms with E-state index in [0.29, 0.717) is 93.8 Å². The Balaban J connectivity index is 0.643. The molecule has 6 heterocycles. The summed E-state index contributed by atoms with van der Waals surface area (Å²) < 4.78 is 24.1. The average molecular weight is 992 g/mol. The molecule has 0 radical (unpaired) electrons. The summed E-state index contributed by atoms with van der Waals surface area (Å²) in [4.78, 5) is 121. The number of carbonyl (C=O) groups is 7. The van der Waals surface area contributed by atoms with Crippen molar-refractivity contribution in [2.75, 3.05) is 89.2 Å². The normalized spacial score (nSPS) is 17.4. The van der Waals surface area contributed by atoms with Gasteiger partial charge in [-0.1, -0.05) is 18.9 Å². The highest BCUT2D eigenvalue weighted by molar-refractivity contribution is 6.24. The van der Waals surface area contributed by atoms with Crippen molar-refractivity contribution in [3.05, 3.63) is 75.3 Å². The summed E-state index contributed by atoms with van der Waals surface area (Å²) >= 11 is 0. The number of amides is 4. The Hall–Kier alpha value is -6.81. The fraction of sp³-hybridized carbons (Fsp3) is 0.510. The van der Waals surface area contributed by atoms with Gasteiger partial charge in [0.1, 0.15) is 35.6 Å². The molecule has 1 aromatic carbocycles. The number of nitrogens with one attached hydrogen (secondary N) is 2. The molecule has 2 N–H and O–H groups in total. The number of anilines is 3. The maximum absolute atomic E-state index is 13.6. The minimum atomic E-state index is -1.10. The van der Waals surface area contributed by atoms with Gasteiger partial charge in [-0.05, 0) is 75.8 Å². The number of piperazine rings is 1. The van der Waals surface area contributed by atoms with Gasteiger partial charge in [-0.2, -0.15) is 4.98 Å². The molecule has 72 heavy (non-hydrogen) atoms. The molecule has 0 spiro atoms. The minimum absolute atomic E-state index is 0.00960. The van der Waals surface area contributed by atoms with Gasteiger partial charge >= 0.3 is 0 Å². The number of carbonyl (C=O) groups excluding carboxylic acids is 7. The lowest BCUT2D eigenvalue weighted by Gasteiger charge is -2.35. The third-order valence-corrected chi connectivity index (χ3v) is 13.4.